The van der Waals surface area contributed by atoms with Crippen LogP contribution in [0.2, 0.25) is 0 Å². The van der Waals surface area contributed by atoms with Crippen LogP contribution in [0.5, 0.6) is 5.88 Å². The van der Waals surface area contributed by atoms with Gasteiger partial charge in [0.15, 0.2) is 0 Å². The summed E-state index contributed by atoms with van der Waals surface area (Å²) in [6, 6.07) is 3.38. The van der Waals surface area contributed by atoms with Gasteiger partial charge in [-0.1, -0.05) is 20.8 Å². The number of hydrogen-bond donors (Lipinski definition) is 2. The van der Waals surface area contributed by atoms with Gasteiger partial charge < -0.3 is 15.2 Å². The van der Waals surface area contributed by atoms with E-state index < -0.39 is 5.97 Å². The minimum atomic E-state index is -0.816. The van der Waals surface area contributed by atoms with Crippen LogP contribution in [0.3, 0.4) is 0 Å². The number of aliphatic carboxylic acids is 1. The number of pyridine rings is 1. The Morgan fingerprint density at radius 1 is 1.56 bits per heavy atom. The molecule has 1 aromatic heterocycles. The first-order chi connectivity index (χ1) is 8.32. The van der Waals surface area contributed by atoms with Gasteiger partial charge >= 0.3 is 5.97 Å². The molecule has 0 radical (unpaired) electrons. The first kappa shape index (κ1) is 14.3. The monoisotopic (exact) mass is 252 g/mol. The predicted octanol–water partition coefficient (Wildman–Crippen LogP) is 2.39. The van der Waals surface area contributed by atoms with Crippen molar-refractivity contribution in [3.63, 3.8) is 0 Å². The normalized spacial score (nSPS) is 12.9. The molecule has 0 aliphatic heterocycles. The van der Waals surface area contributed by atoms with Gasteiger partial charge in [0.1, 0.15) is 0 Å². The van der Waals surface area contributed by atoms with E-state index in [1.165, 1.54) is 0 Å². The molecule has 2 N–H and O–H groups in total. The fourth-order valence-electron chi connectivity index (χ4n) is 1.56. The minimum absolute atomic E-state index is 0.0636. The Labute approximate surface area is 107 Å². The highest BCUT2D eigenvalue weighted by atomic mass is 16.5. The van der Waals surface area contributed by atoms with Crippen LogP contribution in [-0.2, 0) is 4.79 Å². The Hall–Kier alpha value is -1.78. The molecule has 5 heteroatoms. The SMILES string of the molecule is COc1cc(NC(CC(=O)O)C(C)(C)C)ccn1. The van der Waals surface area contributed by atoms with Gasteiger partial charge in [0, 0.05) is 24.0 Å². The van der Waals surface area contributed by atoms with Crippen molar-refractivity contribution >= 4 is 11.7 Å². The molecule has 0 spiro atoms. The van der Waals surface area contributed by atoms with Gasteiger partial charge in [-0.05, 0) is 11.5 Å². The van der Waals surface area contributed by atoms with Gasteiger partial charge in [-0.2, -0.15) is 0 Å². The van der Waals surface area contributed by atoms with Crippen LogP contribution >= 0.6 is 0 Å². The number of carboxylic acids is 1. The highest BCUT2D eigenvalue weighted by Gasteiger charge is 2.26. The summed E-state index contributed by atoms with van der Waals surface area (Å²) in [4.78, 5) is 14.9. The maximum absolute atomic E-state index is 10.9. The molecule has 100 valence electrons. The Morgan fingerprint density at radius 2 is 2.22 bits per heavy atom. The zero-order chi connectivity index (χ0) is 13.8. The second kappa shape index (κ2) is 5.71. The molecule has 0 fully saturated rings. The Bertz CT molecular complexity index is 413. The van der Waals surface area contributed by atoms with Gasteiger partial charge in [0.25, 0.3) is 0 Å². The second-order valence-electron chi connectivity index (χ2n) is 5.25. The van der Waals surface area contributed by atoms with E-state index in [4.69, 9.17) is 9.84 Å². The van der Waals surface area contributed by atoms with Crippen molar-refractivity contribution in [2.45, 2.75) is 33.2 Å². The number of ether oxygens (including phenoxy) is 1. The first-order valence-electron chi connectivity index (χ1n) is 5.81. The van der Waals surface area contributed by atoms with Gasteiger partial charge in [-0.25, -0.2) is 4.98 Å². The molecule has 18 heavy (non-hydrogen) atoms. The standard InChI is InChI=1S/C13H20N2O3/c1-13(2,3)10(8-12(16)17)15-9-5-6-14-11(7-9)18-4/h5-7,10H,8H2,1-4H3,(H,14,15)(H,16,17). The van der Waals surface area contributed by atoms with Gasteiger partial charge in [-0.3, -0.25) is 4.79 Å². The molecule has 1 aromatic rings. The summed E-state index contributed by atoms with van der Waals surface area (Å²) in [5.74, 6) is -0.313. The second-order valence-corrected chi connectivity index (χ2v) is 5.25. The molecule has 0 aliphatic carbocycles. The Morgan fingerprint density at radius 3 is 2.72 bits per heavy atom. The number of methoxy groups -OCH3 is 1. The van der Waals surface area contributed by atoms with Crippen LogP contribution < -0.4 is 10.1 Å². The third kappa shape index (κ3) is 4.24. The molecule has 5 nitrogen and oxygen atoms in total. The van der Waals surface area contributed by atoms with E-state index in [-0.39, 0.29) is 17.9 Å². The Kier molecular flexibility index (Phi) is 4.53. The fraction of sp³-hybridized carbons (Fsp3) is 0.538. The fourth-order valence-corrected chi connectivity index (χ4v) is 1.56. The zero-order valence-corrected chi connectivity index (χ0v) is 11.2. The van der Waals surface area contributed by atoms with E-state index in [1.54, 1.807) is 25.4 Å². The predicted molar refractivity (Wildman–Crippen MR) is 69.9 cm³/mol. The summed E-state index contributed by atoms with van der Waals surface area (Å²) in [5.41, 5.74) is 0.651. The number of nitrogens with one attached hydrogen (secondary N) is 1. The maximum atomic E-state index is 10.9. The molecule has 1 heterocycles. The number of hydrogen-bond acceptors (Lipinski definition) is 4. The molecule has 0 amide bonds. The van der Waals surface area contributed by atoms with Gasteiger partial charge in [0.05, 0.1) is 13.5 Å². The van der Waals surface area contributed by atoms with Crippen LogP contribution in [0, 0.1) is 5.41 Å². The quantitative estimate of drug-likeness (QED) is 0.842. The molecule has 1 unspecified atom stereocenters. The third-order valence-electron chi connectivity index (χ3n) is 2.71. The zero-order valence-electron chi connectivity index (χ0n) is 11.2. The average Bonchev–Trinajstić information content (AvgIpc) is 2.26. The summed E-state index contributed by atoms with van der Waals surface area (Å²) in [5, 5.41) is 12.2. The van der Waals surface area contributed by atoms with E-state index in [1.807, 2.05) is 20.8 Å². The van der Waals surface area contributed by atoms with Crippen LogP contribution in [-0.4, -0.2) is 29.2 Å². The van der Waals surface area contributed by atoms with Crippen molar-refractivity contribution in [1.29, 1.82) is 0 Å². The van der Waals surface area contributed by atoms with E-state index >= 15 is 0 Å². The number of carbonyl (C=O) groups is 1. The first-order valence-corrected chi connectivity index (χ1v) is 5.81. The largest absolute Gasteiger partial charge is 0.481 e. The lowest BCUT2D eigenvalue weighted by atomic mass is 9.84. The van der Waals surface area contributed by atoms with Crippen molar-refractivity contribution in [2.24, 2.45) is 5.41 Å². The van der Waals surface area contributed by atoms with Gasteiger partial charge in [0.2, 0.25) is 5.88 Å². The summed E-state index contributed by atoms with van der Waals surface area (Å²) in [6.07, 6.45) is 1.69. The smallest absolute Gasteiger partial charge is 0.305 e. The van der Waals surface area contributed by atoms with Crippen molar-refractivity contribution in [3.8, 4) is 5.88 Å². The lowest BCUT2D eigenvalue weighted by Crippen LogP contribution is -2.36. The number of aromatic nitrogens is 1. The highest BCUT2D eigenvalue weighted by Crippen LogP contribution is 2.26. The highest BCUT2D eigenvalue weighted by molar-refractivity contribution is 5.68. The van der Waals surface area contributed by atoms with Crippen LogP contribution in [0.15, 0.2) is 18.3 Å². The lowest BCUT2D eigenvalue weighted by molar-refractivity contribution is -0.137. The number of nitrogens with zero attached hydrogens (tertiary/aromatic N) is 1. The van der Waals surface area contributed by atoms with Crippen LogP contribution in [0.4, 0.5) is 5.69 Å². The molecule has 0 saturated heterocycles. The number of anilines is 1. The lowest BCUT2D eigenvalue weighted by Gasteiger charge is -2.31. The number of rotatable bonds is 5. The molecule has 0 aliphatic rings. The summed E-state index contributed by atoms with van der Waals surface area (Å²) < 4.78 is 5.04. The molecule has 1 atom stereocenters. The van der Waals surface area contributed by atoms with Crippen molar-refractivity contribution < 1.29 is 14.6 Å². The molecule has 0 aromatic carbocycles. The average molecular weight is 252 g/mol. The minimum Gasteiger partial charge on any atom is -0.481 e. The topological polar surface area (TPSA) is 71.5 Å². The van der Waals surface area contributed by atoms with Crippen LogP contribution in [0.1, 0.15) is 27.2 Å². The van der Waals surface area contributed by atoms with Gasteiger partial charge in [-0.15, -0.1) is 0 Å². The molecule has 1 rings (SSSR count). The van der Waals surface area contributed by atoms with E-state index in [0.29, 0.717) is 5.88 Å². The van der Waals surface area contributed by atoms with Crippen molar-refractivity contribution in [1.82, 2.24) is 4.98 Å². The van der Waals surface area contributed by atoms with Crippen molar-refractivity contribution in [3.05, 3.63) is 18.3 Å². The van der Waals surface area contributed by atoms with Crippen LogP contribution in [0.25, 0.3) is 0 Å². The van der Waals surface area contributed by atoms with E-state index in [9.17, 15) is 4.79 Å². The third-order valence-corrected chi connectivity index (χ3v) is 2.71. The van der Waals surface area contributed by atoms with E-state index in [0.717, 1.165) is 5.69 Å². The molecular formula is C13H20N2O3. The number of carboxylic acid groups (broad SMARTS) is 1. The molecule has 0 bridgehead atoms. The summed E-state index contributed by atoms with van der Waals surface area (Å²) >= 11 is 0. The summed E-state index contributed by atoms with van der Waals surface area (Å²) in [7, 11) is 1.55. The maximum Gasteiger partial charge on any atom is 0.305 e. The van der Waals surface area contributed by atoms with Crippen molar-refractivity contribution in [2.75, 3.05) is 12.4 Å². The molecular weight excluding hydrogens is 232 g/mol. The summed E-state index contributed by atoms with van der Waals surface area (Å²) in [6.45, 7) is 6.02. The Balaban J connectivity index is 2.85. The van der Waals surface area contributed by atoms with E-state index in [2.05, 4.69) is 10.3 Å². The molecule has 0 saturated carbocycles.